The predicted molar refractivity (Wildman–Crippen MR) is 88.4 cm³/mol. The van der Waals surface area contributed by atoms with Crippen molar-refractivity contribution >= 4 is 25.2 Å². The number of hydrogen-bond acceptors (Lipinski definition) is 10. The maximum atomic E-state index is 11.2. The minimum Gasteiger partial charge on any atom is -0.394 e. The molecule has 0 aromatic carbocycles. The SMILES string of the molecule is COCCOC1C(O[PH](=O)O)[C@@H](CO)O[C@H]1n1cnc2c(N)ncnc21. The Morgan fingerprint density at radius 1 is 1.35 bits per heavy atom. The third kappa shape index (κ3) is 3.71. The monoisotopic (exact) mass is 389 g/mol. The molecule has 2 aromatic rings. The van der Waals surface area contributed by atoms with E-state index in [0.29, 0.717) is 17.8 Å². The first-order valence-corrected chi connectivity index (χ1v) is 9.02. The van der Waals surface area contributed by atoms with Crippen molar-refractivity contribution in [2.75, 3.05) is 32.7 Å². The molecule has 3 rings (SSSR count). The van der Waals surface area contributed by atoms with E-state index in [1.807, 2.05) is 0 Å². The summed E-state index contributed by atoms with van der Waals surface area (Å²) in [5.74, 6) is 0.204. The van der Waals surface area contributed by atoms with Crippen molar-refractivity contribution in [3.8, 4) is 0 Å². The number of aliphatic hydroxyl groups is 1. The molecule has 13 heteroatoms. The van der Waals surface area contributed by atoms with Crippen LogP contribution < -0.4 is 5.73 Å². The van der Waals surface area contributed by atoms with Gasteiger partial charge in [0.25, 0.3) is 0 Å². The molecular weight excluding hydrogens is 369 g/mol. The molecule has 1 saturated heterocycles. The van der Waals surface area contributed by atoms with Gasteiger partial charge in [0, 0.05) is 7.11 Å². The van der Waals surface area contributed by atoms with Gasteiger partial charge in [0.1, 0.15) is 30.2 Å². The molecule has 0 spiro atoms. The number of imidazole rings is 1. The Bertz CT molecular complexity index is 774. The number of nitrogens with zero attached hydrogens (tertiary/aromatic N) is 4. The molecule has 26 heavy (non-hydrogen) atoms. The highest BCUT2D eigenvalue weighted by molar-refractivity contribution is 7.32. The standard InChI is InChI=1S/C13H20N5O7P/c1-22-2-3-23-10-9(25-26(20)21)7(4-19)24-13(10)18-6-17-8-11(14)15-5-16-12(8)18/h5-7,9-10,13,19,26H,2-4H2,1H3,(H,20,21)(H2,14,15,16)/t7-,9?,10?,13-/m1/s1. The van der Waals surface area contributed by atoms with E-state index in [1.165, 1.54) is 19.8 Å². The first-order valence-electron chi connectivity index (χ1n) is 7.76. The van der Waals surface area contributed by atoms with E-state index in [1.54, 1.807) is 4.57 Å². The van der Waals surface area contributed by atoms with Crippen LogP contribution in [-0.4, -0.2) is 74.8 Å². The van der Waals surface area contributed by atoms with Gasteiger partial charge in [-0.3, -0.25) is 9.13 Å². The van der Waals surface area contributed by atoms with Crippen molar-refractivity contribution in [2.24, 2.45) is 0 Å². The number of aliphatic hydroxyl groups excluding tert-OH is 1. The zero-order valence-corrected chi connectivity index (χ0v) is 14.9. The lowest BCUT2D eigenvalue weighted by Gasteiger charge is -2.23. The summed E-state index contributed by atoms with van der Waals surface area (Å²) in [4.78, 5) is 21.4. The first kappa shape index (κ1) is 19.1. The number of rotatable bonds is 8. The van der Waals surface area contributed by atoms with Crippen LogP contribution in [0.25, 0.3) is 11.2 Å². The van der Waals surface area contributed by atoms with Crippen LogP contribution in [0.15, 0.2) is 12.7 Å². The maximum absolute atomic E-state index is 11.2. The fraction of sp³-hybridized carbons (Fsp3) is 0.615. The Balaban J connectivity index is 1.96. The van der Waals surface area contributed by atoms with Crippen molar-refractivity contribution < 1.29 is 33.3 Å². The first-order chi connectivity index (χ1) is 12.6. The Hall–Kier alpha value is -1.66. The molecule has 2 aromatic heterocycles. The third-order valence-electron chi connectivity index (χ3n) is 3.96. The molecule has 144 valence electrons. The largest absolute Gasteiger partial charge is 0.394 e. The van der Waals surface area contributed by atoms with E-state index >= 15 is 0 Å². The van der Waals surface area contributed by atoms with Gasteiger partial charge in [0.05, 0.1) is 26.1 Å². The van der Waals surface area contributed by atoms with E-state index in [9.17, 15) is 14.6 Å². The minimum atomic E-state index is -3.29. The molecule has 12 nitrogen and oxygen atoms in total. The summed E-state index contributed by atoms with van der Waals surface area (Å²) in [6, 6.07) is 0. The van der Waals surface area contributed by atoms with Crippen molar-refractivity contribution in [2.45, 2.75) is 24.5 Å². The average Bonchev–Trinajstić information content (AvgIpc) is 3.17. The Labute approximate surface area is 148 Å². The highest BCUT2D eigenvalue weighted by Crippen LogP contribution is 2.38. The van der Waals surface area contributed by atoms with E-state index in [-0.39, 0.29) is 12.4 Å². The number of fused-ring (bicyclic) bond motifs is 1. The zero-order chi connectivity index (χ0) is 18.7. The van der Waals surface area contributed by atoms with Gasteiger partial charge >= 0.3 is 8.25 Å². The highest BCUT2D eigenvalue weighted by Gasteiger charge is 2.48. The molecule has 0 saturated carbocycles. The third-order valence-corrected chi connectivity index (χ3v) is 4.44. The maximum Gasteiger partial charge on any atom is 0.317 e. The van der Waals surface area contributed by atoms with Crippen LogP contribution in [0, 0.1) is 0 Å². The molecule has 3 heterocycles. The second-order valence-corrected chi connectivity index (χ2v) is 6.27. The highest BCUT2D eigenvalue weighted by atomic mass is 31.1. The molecule has 0 amide bonds. The molecule has 1 fully saturated rings. The minimum absolute atomic E-state index is 0.190. The number of nitrogen functional groups attached to an aromatic ring is 1. The van der Waals surface area contributed by atoms with Crippen LogP contribution in [0.1, 0.15) is 6.23 Å². The lowest BCUT2D eigenvalue weighted by atomic mass is 10.1. The van der Waals surface area contributed by atoms with Gasteiger partial charge in [-0.05, 0) is 0 Å². The van der Waals surface area contributed by atoms with Gasteiger partial charge in [0.15, 0.2) is 17.7 Å². The predicted octanol–water partition coefficient (Wildman–Crippen LogP) is -0.903. The summed E-state index contributed by atoms with van der Waals surface area (Å²) in [6.45, 7) is 0.0627. The molecule has 0 radical (unpaired) electrons. The number of methoxy groups -OCH3 is 1. The van der Waals surface area contributed by atoms with Crippen molar-refractivity contribution in [1.29, 1.82) is 0 Å². The van der Waals surface area contributed by atoms with E-state index in [4.69, 9.17) is 24.5 Å². The molecule has 1 aliphatic heterocycles. The number of hydrogen-bond donors (Lipinski definition) is 3. The molecule has 3 unspecified atom stereocenters. The van der Waals surface area contributed by atoms with Crippen LogP contribution in [-0.2, 0) is 23.3 Å². The number of nitrogens with two attached hydrogens (primary N) is 1. The van der Waals surface area contributed by atoms with Gasteiger partial charge in [-0.15, -0.1) is 0 Å². The molecule has 5 atom stereocenters. The Kier molecular flexibility index (Phi) is 6.14. The summed E-state index contributed by atoms with van der Waals surface area (Å²) >= 11 is 0. The zero-order valence-electron chi connectivity index (χ0n) is 13.9. The average molecular weight is 389 g/mol. The fourth-order valence-electron chi connectivity index (χ4n) is 2.84. The van der Waals surface area contributed by atoms with Gasteiger partial charge in [0.2, 0.25) is 0 Å². The summed E-state index contributed by atoms with van der Waals surface area (Å²) in [6.07, 6.45) is -0.714. The summed E-state index contributed by atoms with van der Waals surface area (Å²) < 4.78 is 34.4. The topological polar surface area (TPSA) is 164 Å². The molecular formula is C13H20N5O7P. The number of ether oxygens (including phenoxy) is 3. The normalized spacial score (nSPS) is 27.2. The summed E-state index contributed by atoms with van der Waals surface area (Å²) in [5, 5.41) is 9.58. The van der Waals surface area contributed by atoms with Gasteiger partial charge < -0.3 is 34.5 Å². The van der Waals surface area contributed by atoms with Gasteiger partial charge in [-0.25, -0.2) is 15.0 Å². The number of aromatic nitrogens is 4. The van der Waals surface area contributed by atoms with E-state index in [2.05, 4.69) is 15.0 Å². The fourth-order valence-corrected chi connectivity index (χ4v) is 3.36. The Morgan fingerprint density at radius 3 is 2.85 bits per heavy atom. The van der Waals surface area contributed by atoms with Crippen LogP contribution in [0.3, 0.4) is 0 Å². The molecule has 0 bridgehead atoms. The lowest BCUT2D eigenvalue weighted by Crippen LogP contribution is -2.37. The van der Waals surface area contributed by atoms with Crippen molar-refractivity contribution in [3.05, 3.63) is 12.7 Å². The summed E-state index contributed by atoms with van der Waals surface area (Å²) in [5.41, 5.74) is 6.58. The second kappa shape index (κ2) is 8.35. The van der Waals surface area contributed by atoms with Crippen molar-refractivity contribution in [1.82, 2.24) is 19.5 Å². The Morgan fingerprint density at radius 2 is 2.15 bits per heavy atom. The van der Waals surface area contributed by atoms with Crippen molar-refractivity contribution in [3.63, 3.8) is 0 Å². The van der Waals surface area contributed by atoms with Crippen LogP contribution in [0.5, 0.6) is 0 Å². The number of anilines is 1. The lowest BCUT2D eigenvalue weighted by molar-refractivity contribution is -0.0775. The second-order valence-electron chi connectivity index (χ2n) is 5.51. The molecule has 0 aliphatic carbocycles. The van der Waals surface area contributed by atoms with E-state index < -0.39 is 39.4 Å². The smallest absolute Gasteiger partial charge is 0.317 e. The van der Waals surface area contributed by atoms with Crippen LogP contribution in [0.4, 0.5) is 5.82 Å². The van der Waals surface area contributed by atoms with Crippen LogP contribution >= 0.6 is 8.25 Å². The van der Waals surface area contributed by atoms with Crippen LogP contribution in [0.2, 0.25) is 0 Å². The van der Waals surface area contributed by atoms with E-state index in [0.717, 1.165) is 0 Å². The molecule has 1 aliphatic rings. The molecule has 4 N–H and O–H groups in total. The van der Waals surface area contributed by atoms with Gasteiger partial charge in [-0.2, -0.15) is 0 Å². The quantitative estimate of drug-likeness (QED) is 0.378. The summed E-state index contributed by atoms with van der Waals surface area (Å²) in [7, 11) is -1.77. The van der Waals surface area contributed by atoms with Gasteiger partial charge in [-0.1, -0.05) is 0 Å².